The Morgan fingerprint density at radius 3 is 2.61 bits per heavy atom. The summed E-state index contributed by atoms with van der Waals surface area (Å²) in [5.41, 5.74) is -1.01. The third-order valence-corrected chi connectivity index (χ3v) is 4.06. The van der Waals surface area contributed by atoms with Crippen molar-refractivity contribution >= 4 is 12.0 Å². The van der Waals surface area contributed by atoms with Crippen LogP contribution in [0.2, 0.25) is 0 Å². The van der Waals surface area contributed by atoms with Crippen LogP contribution in [0.15, 0.2) is 12.1 Å². The zero-order chi connectivity index (χ0) is 17.2. The molecule has 2 rings (SSSR count). The van der Waals surface area contributed by atoms with Crippen molar-refractivity contribution in [2.24, 2.45) is 5.41 Å². The Bertz CT molecular complexity index is 639. The van der Waals surface area contributed by atoms with Crippen LogP contribution in [0.5, 0.6) is 0 Å². The number of amides is 2. The molecule has 8 heteroatoms. The van der Waals surface area contributed by atoms with E-state index in [9.17, 15) is 22.8 Å². The summed E-state index contributed by atoms with van der Waals surface area (Å²) >= 11 is 0. The van der Waals surface area contributed by atoms with Crippen molar-refractivity contribution in [1.29, 1.82) is 0 Å². The van der Waals surface area contributed by atoms with Gasteiger partial charge in [0.05, 0.1) is 5.41 Å². The lowest BCUT2D eigenvalue weighted by molar-refractivity contribution is -0.147. The van der Waals surface area contributed by atoms with E-state index in [1.807, 2.05) is 0 Å². The van der Waals surface area contributed by atoms with Crippen LogP contribution >= 0.6 is 0 Å². The lowest BCUT2D eigenvalue weighted by Gasteiger charge is -2.20. The average Bonchev–Trinajstić information content (AvgIpc) is 2.91. The summed E-state index contributed by atoms with van der Waals surface area (Å²) in [5.74, 6) is -5.03. The predicted molar refractivity (Wildman–Crippen MR) is 75.4 cm³/mol. The van der Waals surface area contributed by atoms with Crippen LogP contribution in [0.4, 0.5) is 18.0 Å². The van der Waals surface area contributed by atoms with Gasteiger partial charge in [0.25, 0.3) is 0 Å². The van der Waals surface area contributed by atoms with Gasteiger partial charge in [-0.05, 0) is 31.4 Å². The number of urea groups is 1. The van der Waals surface area contributed by atoms with Crippen molar-refractivity contribution in [3.63, 3.8) is 0 Å². The zero-order valence-electron chi connectivity index (χ0n) is 12.5. The molecule has 1 aromatic carbocycles. The number of carboxylic acids is 1. The summed E-state index contributed by atoms with van der Waals surface area (Å²) in [4.78, 5) is 24.4. The van der Waals surface area contributed by atoms with E-state index in [4.69, 9.17) is 5.11 Å². The Labute approximate surface area is 131 Å². The van der Waals surface area contributed by atoms with E-state index in [0.29, 0.717) is 13.0 Å². The second-order valence-corrected chi connectivity index (χ2v) is 5.85. The minimum Gasteiger partial charge on any atom is -0.481 e. The molecule has 0 aliphatic carbocycles. The van der Waals surface area contributed by atoms with E-state index in [2.05, 4.69) is 5.32 Å². The number of carbonyl (C=O) groups is 2. The fraction of sp³-hybridized carbons (Fsp3) is 0.467. The molecule has 1 aromatic rings. The number of carboxylic acid groups (broad SMARTS) is 1. The summed E-state index contributed by atoms with van der Waals surface area (Å²) in [6.45, 7) is 2.00. The number of rotatable bonds is 4. The zero-order valence-corrected chi connectivity index (χ0v) is 12.5. The molecule has 126 valence electrons. The third kappa shape index (κ3) is 3.57. The minimum absolute atomic E-state index is 0.00118. The van der Waals surface area contributed by atoms with Crippen LogP contribution in [0.1, 0.15) is 18.9 Å². The van der Waals surface area contributed by atoms with Crippen LogP contribution in [0.25, 0.3) is 0 Å². The average molecular weight is 330 g/mol. The number of hydrogen-bond donors (Lipinski definition) is 2. The second kappa shape index (κ2) is 6.47. The van der Waals surface area contributed by atoms with Gasteiger partial charge in [-0.1, -0.05) is 6.07 Å². The molecule has 1 aliphatic heterocycles. The highest BCUT2D eigenvalue weighted by molar-refractivity contribution is 5.79. The molecule has 2 N–H and O–H groups in total. The number of aliphatic carboxylic acids is 1. The first-order valence-corrected chi connectivity index (χ1v) is 7.13. The number of nitrogens with zero attached hydrogens (tertiary/aromatic N) is 1. The fourth-order valence-electron chi connectivity index (χ4n) is 2.48. The Balaban J connectivity index is 1.87. The Morgan fingerprint density at radius 2 is 2.00 bits per heavy atom. The van der Waals surface area contributed by atoms with Crippen molar-refractivity contribution in [3.8, 4) is 0 Å². The maximum Gasteiger partial charge on any atom is 0.317 e. The van der Waals surface area contributed by atoms with Gasteiger partial charge in [-0.2, -0.15) is 0 Å². The Kier molecular flexibility index (Phi) is 4.82. The molecule has 1 aliphatic rings. The highest BCUT2D eigenvalue weighted by Crippen LogP contribution is 2.29. The van der Waals surface area contributed by atoms with Crippen molar-refractivity contribution in [1.82, 2.24) is 10.2 Å². The van der Waals surface area contributed by atoms with Crippen molar-refractivity contribution < 1.29 is 27.9 Å². The third-order valence-electron chi connectivity index (χ3n) is 4.06. The first kappa shape index (κ1) is 17.1. The van der Waals surface area contributed by atoms with Crippen molar-refractivity contribution in [2.75, 3.05) is 19.6 Å². The molecule has 0 saturated carbocycles. The van der Waals surface area contributed by atoms with Gasteiger partial charge in [-0.25, -0.2) is 18.0 Å². The van der Waals surface area contributed by atoms with Crippen LogP contribution < -0.4 is 5.32 Å². The van der Waals surface area contributed by atoms with Gasteiger partial charge in [-0.15, -0.1) is 0 Å². The molecule has 2 amide bonds. The first-order valence-electron chi connectivity index (χ1n) is 7.13. The molecule has 0 spiro atoms. The highest BCUT2D eigenvalue weighted by Gasteiger charge is 2.42. The topological polar surface area (TPSA) is 69.6 Å². The van der Waals surface area contributed by atoms with E-state index in [1.54, 1.807) is 6.92 Å². The summed E-state index contributed by atoms with van der Waals surface area (Å²) in [6, 6.07) is 1.49. The molecule has 5 nitrogen and oxygen atoms in total. The molecule has 23 heavy (non-hydrogen) atoms. The number of hydrogen-bond acceptors (Lipinski definition) is 2. The predicted octanol–water partition coefficient (Wildman–Crippen LogP) is 2.15. The number of benzene rings is 1. The number of likely N-dealkylation sites (tertiary alicyclic amines) is 1. The quantitative estimate of drug-likeness (QED) is 0.831. The maximum absolute atomic E-state index is 13.5. The monoisotopic (exact) mass is 330 g/mol. The largest absolute Gasteiger partial charge is 0.481 e. The standard InChI is InChI=1S/C15H17F3N2O3/c1-15(13(21)22)5-7-20(8-15)14(23)19-6-4-9-2-3-10(16)12(18)11(9)17/h2-3H,4-8H2,1H3,(H,19,23)(H,21,22). The first-order chi connectivity index (χ1) is 10.7. The van der Waals surface area contributed by atoms with Gasteiger partial charge in [0, 0.05) is 19.6 Å². The molecular weight excluding hydrogens is 313 g/mol. The molecule has 1 unspecified atom stereocenters. The van der Waals surface area contributed by atoms with Crippen LogP contribution in [0.3, 0.4) is 0 Å². The van der Waals surface area contributed by atoms with Crippen molar-refractivity contribution in [2.45, 2.75) is 19.8 Å². The van der Waals surface area contributed by atoms with Gasteiger partial charge in [-0.3, -0.25) is 4.79 Å². The summed E-state index contributed by atoms with van der Waals surface area (Å²) in [6.07, 6.45) is 0.354. The molecule has 1 fully saturated rings. The number of nitrogens with one attached hydrogen (secondary N) is 1. The Morgan fingerprint density at radius 1 is 1.30 bits per heavy atom. The van der Waals surface area contributed by atoms with Crippen LogP contribution in [-0.2, 0) is 11.2 Å². The maximum atomic E-state index is 13.5. The minimum atomic E-state index is -1.54. The number of halogens is 3. The molecule has 1 atom stereocenters. The summed E-state index contributed by atoms with van der Waals surface area (Å²) in [7, 11) is 0. The Hall–Kier alpha value is -2.25. The summed E-state index contributed by atoms with van der Waals surface area (Å²) < 4.78 is 39.4. The lowest BCUT2D eigenvalue weighted by Crippen LogP contribution is -2.41. The smallest absolute Gasteiger partial charge is 0.317 e. The van der Waals surface area contributed by atoms with Gasteiger partial charge >= 0.3 is 12.0 Å². The highest BCUT2D eigenvalue weighted by atomic mass is 19.2. The fourth-order valence-corrected chi connectivity index (χ4v) is 2.48. The molecule has 0 aromatic heterocycles. The van der Waals surface area contributed by atoms with Gasteiger partial charge < -0.3 is 15.3 Å². The van der Waals surface area contributed by atoms with Crippen LogP contribution in [-0.4, -0.2) is 41.6 Å². The number of carbonyl (C=O) groups excluding carboxylic acids is 1. The van der Waals surface area contributed by atoms with E-state index >= 15 is 0 Å². The molecule has 0 bridgehead atoms. The van der Waals surface area contributed by atoms with E-state index in [-0.39, 0.29) is 25.1 Å². The normalized spacial score (nSPS) is 20.6. The molecule has 1 heterocycles. The lowest BCUT2D eigenvalue weighted by atomic mass is 9.90. The van der Waals surface area contributed by atoms with Crippen LogP contribution in [0, 0.1) is 22.9 Å². The molecular formula is C15H17F3N2O3. The van der Waals surface area contributed by atoms with E-state index in [1.165, 1.54) is 4.90 Å². The van der Waals surface area contributed by atoms with E-state index in [0.717, 1.165) is 12.1 Å². The summed E-state index contributed by atoms with van der Waals surface area (Å²) in [5, 5.41) is 11.6. The molecule has 1 saturated heterocycles. The van der Waals surface area contributed by atoms with Gasteiger partial charge in [0.15, 0.2) is 17.5 Å². The van der Waals surface area contributed by atoms with E-state index < -0.39 is 34.9 Å². The van der Waals surface area contributed by atoms with Gasteiger partial charge in [0.1, 0.15) is 0 Å². The SMILES string of the molecule is CC1(C(=O)O)CCN(C(=O)NCCc2ccc(F)c(F)c2F)C1. The molecule has 0 radical (unpaired) electrons. The van der Waals surface area contributed by atoms with Gasteiger partial charge in [0.2, 0.25) is 0 Å². The second-order valence-electron chi connectivity index (χ2n) is 5.85. The van der Waals surface area contributed by atoms with Crippen molar-refractivity contribution in [3.05, 3.63) is 35.1 Å².